The van der Waals surface area contributed by atoms with E-state index < -0.39 is 0 Å². The van der Waals surface area contributed by atoms with Gasteiger partial charge in [0.05, 0.1) is 15.9 Å². The number of nitrogens with zero attached hydrogens (tertiary/aromatic N) is 3. The quantitative estimate of drug-likeness (QED) is 0.627. The van der Waals surface area contributed by atoms with E-state index in [4.69, 9.17) is 23.2 Å². The first-order valence-electron chi connectivity index (χ1n) is 7.72. The van der Waals surface area contributed by atoms with Crippen LogP contribution >= 0.6 is 34.5 Å². The SMILES string of the molecule is CN=C(NCc1ccc(Cl)s1)NC1CCN(c2ncccc2Cl)C1. The average molecular weight is 384 g/mol. The second kappa shape index (κ2) is 8.05. The minimum atomic E-state index is 0.307. The number of thiophene rings is 1. The van der Waals surface area contributed by atoms with E-state index in [0.717, 1.165) is 35.6 Å². The number of hydrogen-bond acceptors (Lipinski definition) is 4. The summed E-state index contributed by atoms with van der Waals surface area (Å²) in [6.07, 6.45) is 2.78. The van der Waals surface area contributed by atoms with Gasteiger partial charge in [0.15, 0.2) is 5.96 Å². The smallest absolute Gasteiger partial charge is 0.191 e. The molecule has 1 aliphatic heterocycles. The molecule has 1 unspecified atom stereocenters. The van der Waals surface area contributed by atoms with Gasteiger partial charge >= 0.3 is 0 Å². The molecule has 3 heterocycles. The minimum absolute atomic E-state index is 0.307. The molecular formula is C16H19Cl2N5S. The van der Waals surface area contributed by atoms with E-state index in [2.05, 4.69) is 25.5 Å². The van der Waals surface area contributed by atoms with Crippen molar-refractivity contribution in [3.05, 3.63) is 44.7 Å². The Kier molecular flexibility index (Phi) is 5.81. The number of pyridine rings is 1. The van der Waals surface area contributed by atoms with Gasteiger partial charge in [-0.25, -0.2) is 4.98 Å². The Morgan fingerprint density at radius 1 is 1.42 bits per heavy atom. The summed E-state index contributed by atoms with van der Waals surface area (Å²) in [4.78, 5) is 12.1. The fraction of sp³-hybridized carbons (Fsp3) is 0.375. The Labute approximate surface area is 155 Å². The molecule has 3 rings (SSSR count). The Hall–Kier alpha value is -1.50. The van der Waals surface area contributed by atoms with Crippen molar-refractivity contribution < 1.29 is 0 Å². The van der Waals surface area contributed by atoms with Crippen molar-refractivity contribution in [3.8, 4) is 0 Å². The van der Waals surface area contributed by atoms with E-state index >= 15 is 0 Å². The second-order valence-corrected chi connectivity index (χ2v) is 7.72. The Bertz CT molecular complexity index is 718. The zero-order valence-corrected chi connectivity index (χ0v) is 15.6. The predicted molar refractivity (Wildman–Crippen MR) is 103 cm³/mol. The average Bonchev–Trinajstić information content (AvgIpc) is 3.21. The second-order valence-electron chi connectivity index (χ2n) is 5.52. The fourth-order valence-electron chi connectivity index (χ4n) is 2.69. The highest BCUT2D eigenvalue weighted by Gasteiger charge is 2.25. The van der Waals surface area contributed by atoms with Gasteiger partial charge in [-0.3, -0.25) is 4.99 Å². The first-order valence-corrected chi connectivity index (χ1v) is 9.30. The van der Waals surface area contributed by atoms with Gasteiger partial charge in [-0.05, 0) is 30.7 Å². The lowest BCUT2D eigenvalue weighted by atomic mass is 10.3. The van der Waals surface area contributed by atoms with Gasteiger partial charge in [-0.1, -0.05) is 23.2 Å². The topological polar surface area (TPSA) is 52.6 Å². The fourth-order valence-corrected chi connectivity index (χ4v) is 3.95. The molecule has 0 aliphatic carbocycles. The summed E-state index contributed by atoms with van der Waals surface area (Å²) in [6, 6.07) is 7.96. The third kappa shape index (κ3) is 4.32. The van der Waals surface area contributed by atoms with E-state index in [1.807, 2.05) is 24.3 Å². The molecule has 1 saturated heterocycles. The van der Waals surface area contributed by atoms with Crippen LogP contribution in [0.1, 0.15) is 11.3 Å². The lowest BCUT2D eigenvalue weighted by Gasteiger charge is -2.20. The van der Waals surface area contributed by atoms with E-state index in [-0.39, 0.29) is 0 Å². The summed E-state index contributed by atoms with van der Waals surface area (Å²) < 4.78 is 0.799. The number of nitrogens with one attached hydrogen (secondary N) is 2. The van der Waals surface area contributed by atoms with Gasteiger partial charge in [-0.2, -0.15) is 0 Å². The molecule has 2 N–H and O–H groups in total. The first kappa shape index (κ1) is 17.3. The lowest BCUT2D eigenvalue weighted by molar-refractivity contribution is 0.649. The molecular weight excluding hydrogens is 365 g/mol. The molecule has 1 aliphatic rings. The van der Waals surface area contributed by atoms with Crippen molar-refractivity contribution in [3.63, 3.8) is 0 Å². The van der Waals surface area contributed by atoms with E-state index in [1.54, 1.807) is 24.6 Å². The predicted octanol–water partition coefficient (Wildman–Crippen LogP) is 3.39. The van der Waals surface area contributed by atoms with Crippen LogP contribution in [0.5, 0.6) is 0 Å². The molecule has 2 aromatic rings. The normalized spacial score (nSPS) is 18.0. The highest BCUT2D eigenvalue weighted by Crippen LogP contribution is 2.25. The summed E-state index contributed by atoms with van der Waals surface area (Å²) in [7, 11) is 1.78. The molecule has 128 valence electrons. The Morgan fingerprint density at radius 3 is 3.00 bits per heavy atom. The van der Waals surface area contributed by atoms with E-state index in [0.29, 0.717) is 17.6 Å². The molecule has 0 aromatic carbocycles. The lowest BCUT2D eigenvalue weighted by Crippen LogP contribution is -2.44. The molecule has 8 heteroatoms. The summed E-state index contributed by atoms with van der Waals surface area (Å²) in [5.41, 5.74) is 0. The molecule has 1 atom stereocenters. The molecule has 0 radical (unpaired) electrons. The molecule has 0 bridgehead atoms. The minimum Gasteiger partial charge on any atom is -0.353 e. The third-order valence-electron chi connectivity index (χ3n) is 3.85. The summed E-state index contributed by atoms with van der Waals surface area (Å²) in [5, 5.41) is 7.47. The molecule has 0 amide bonds. The largest absolute Gasteiger partial charge is 0.353 e. The number of guanidine groups is 1. The maximum Gasteiger partial charge on any atom is 0.191 e. The molecule has 24 heavy (non-hydrogen) atoms. The molecule has 0 spiro atoms. The van der Waals surface area contributed by atoms with Crippen molar-refractivity contribution in [1.82, 2.24) is 15.6 Å². The van der Waals surface area contributed by atoms with Gasteiger partial charge in [-0.15, -0.1) is 11.3 Å². The van der Waals surface area contributed by atoms with Crippen LogP contribution in [-0.2, 0) is 6.54 Å². The van der Waals surface area contributed by atoms with Crippen molar-refractivity contribution in [2.75, 3.05) is 25.0 Å². The number of halogens is 2. The molecule has 0 saturated carbocycles. The van der Waals surface area contributed by atoms with Crippen LogP contribution in [0, 0.1) is 0 Å². The van der Waals surface area contributed by atoms with Crippen LogP contribution in [0.25, 0.3) is 0 Å². The number of aromatic nitrogens is 1. The van der Waals surface area contributed by atoms with Crippen LogP contribution in [0.2, 0.25) is 9.36 Å². The monoisotopic (exact) mass is 383 g/mol. The third-order valence-corrected chi connectivity index (χ3v) is 5.38. The van der Waals surface area contributed by atoms with E-state index in [1.165, 1.54) is 4.88 Å². The van der Waals surface area contributed by atoms with Crippen LogP contribution in [0.4, 0.5) is 5.82 Å². The molecule has 5 nitrogen and oxygen atoms in total. The number of rotatable bonds is 4. The standard InChI is InChI=1S/C16H19Cl2N5S/c1-19-16(21-9-12-4-5-14(18)24-12)22-11-6-8-23(10-11)15-13(17)3-2-7-20-15/h2-5,7,11H,6,8-10H2,1H3,(H2,19,21,22). The van der Waals surface area contributed by atoms with Crippen LogP contribution in [0.15, 0.2) is 35.5 Å². The van der Waals surface area contributed by atoms with Gasteiger partial charge in [0.2, 0.25) is 0 Å². The van der Waals surface area contributed by atoms with E-state index in [9.17, 15) is 0 Å². The van der Waals surface area contributed by atoms with Crippen LogP contribution < -0.4 is 15.5 Å². The highest BCUT2D eigenvalue weighted by molar-refractivity contribution is 7.16. The number of hydrogen-bond donors (Lipinski definition) is 2. The summed E-state index contributed by atoms with van der Waals surface area (Å²) >= 11 is 13.8. The first-order chi connectivity index (χ1) is 11.7. The van der Waals surface area contributed by atoms with Gasteiger partial charge < -0.3 is 15.5 Å². The summed E-state index contributed by atoms with van der Waals surface area (Å²) in [6.45, 7) is 2.48. The maximum atomic E-state index is 6.23. The zero-order valence-electron chi connectivity index (χ0n) is 13.3. The number of anilines is 1. The van der Waals surface area contributed by atoms with Gasteiger partial charge in [0.1, 0.15) is 5.82 Å². The maximum absolute atomic E-state index is 6.23. The van der Waals surface area contributed by atoms with Crippen LogP contribution in [0.3, 0.4) is 0 Å². The zero-order chi connectivity index (χ0) is 16.9. The van der Waals surface area contributed by atoms with Gasteiger partial charge in [0.25, 0.3) is 0 Å². The van der Waals surface area contributed by atoms with Crippen molar-refractivity contribution in [1.29, 1.82) is 0 Å². The Morgan fingerprint density at radius 2 is 2.29 bits per heavy atom. The highest BCUT2D eigenvalue weighted by atomic mass is 35.5. The van der Waals surface area contributed by atoms with Gasteiger partial charge in [0, 0.05) is 37.3 Å². The van der Waals surface area contributed by atoms with Crippen LogP contribution in [-0.4, -0.2) is 37.1 Å². The Balaban J connectivity index is 1.53. The van der Waals surface area contributed by atoms with Crippen molar-refractivity contribution >= 4 is 46.3 Å². The van der Waals surface area contributed by atoms with Crippen molar-refractivity contribution in [2.45, 2.75) is 19.0 Å². The molecule has 2 aromatic heterocycles. The number of aliphatic imine (C=N–C) groups is 1. The van der Waals surface area contributed by atoms with Crippen molar-refractivity contribution in [2.24, 2.45) is 4.99 Å². The molecule has 1 fully saturated rings. The summed E-state index contributed by atoms with van der Waals surface area (Å²) in [5.74, 6) is 1.64.